The first kappa shape index (κ1) is 18.6. The van der Waals surface area contributed by atoms with Gasteiger partial charge in [0.1, 0.15) is 0 Å². The Morgan fingerprint density at radius 1 is 1.12 bits per heavy atom. The molecule has 3 saturated carbocycles. The van der Waals surface area contributed by atoms with Gasteiger partial charge in [-0.05, 0) is 67.8 Å². The van der Waals surface area contributed by atoms with Crippen molar-refractivity contribution in [1.82, 2.24) is 0 Å². The van der Waals surface area contributed by atoms with E-state index in [-0.39, 0.29) is 28.6 Å². The van der Waals surface area contributed by atoms with Crippen molar-refractivity contribution >= 4 is 11.5 Å². The summed E-state index contributed by atoms with van der Waals surface area (Å²) in [6, 6.07) is 0. The van der Waals surface area contributed by atoms with Crippen molar-refractivity contribution in [2.45, 2.75) is 78.7 Å². The predicted octanol–water partition coefficient (Wildman–Crippen LogP) is 4.35. The molecule has 4 aliphatic carbocycles. The Bertz CT molecular complexity index is 610. The van der Waals surface area contributed by atoms with Crippen molar-refractivity contribution in [3.05, 3.63) is 11.6 Å². The summed E-state index contributed by atoms with van der Waals surface area (Å²) in [5.74, 6) is 1.46. The van der Waals surface area contributed by atoms with Gasteiger partial charge in [-0.15, -0.1) is 0 Å². The predicted molar refractivity (Wildman–Crippen MR) is 98.7 cm³/mol. The molecule has 0 spiro atoms. The van der Waals surface area contributed by atoms with Gasteiger partial charge in [0.05, 0.1) is 11.8 Å². The van der Waals surface area contributed by atoms with E-state index < -0.39 is 0 Å². The summed E-state index contributed by atoms with van der Waals surface area (Å²) in [7, 11) is 0. The lowest BCUT2D eigenvalue weighted by Gasteiger charge is -2.58. The van der Waals surface area contributed by atoms with E-state index >= 15 is 0 Å². The Labute approximate surface area is 151 Å². The molecule has 25 heavy (non-hydrogen) atoms. The third kappa shape index (κ3) is 2.59. The molecule has 4 nitrogen and oxygen atoms in total. The van der Waals surface area contributed by atoms with Crippen LogP contribution in [0.25, 0.3) is 0 Å². The topological polar surface area (TPSA) is 69.9 Å². The van der Waals surface area contributed by atoms with E-state index in [2.05, 4.69) is 19.0 Å². The molecule has 0 radical (unpaired) electrons. The van der Waals surface area contributed by atoms with E-state index in [9.17, 15) is 15.1 Å². The molecule has 0 aromatic rings. The van der Waals surface area contributed by atoms with Crippen molar-refractivity contribution in [3.8, 4) is 0 Å². The van der Waals surface area contributed by atoms with Crippen molar-refractivity contribution < 1.29 is 15.1 Å². The van der Waals surface area contributed by atoms with Gasteiger partial charge in [0.25, 0.3) is 0 Å². The SMILES string of the molecule is CC.CC12CCC(=O)C=C1CCC1C2C(O)CC2(C)/C(=N\O)CCC12. The molecule has 0 saturated heterocycles. The highest BCUT2D eigenvalue weighted by Crippen LogP contribution is 2.64. The number of hydrogen-bond donors (Lipinski definition) is 2. The summed E-state index contributed by atoms with van der Waals surface area (Å²) in [6.07, 6.45) is 7.62. The molecule has 6 atom stereocenters. The zero-order valence-electron chi connectivity index (χ0n) is 16.1. The number of aliphatic hydroxyl groups is 1. The number of hydrogen-bond acceptors (Lipinski definition) is 4. The third-order valence-corrected chi connectivity index (χ3v) is 7.76. The minimum atomic E-state index is -0.377. The number of carbonyl (C=O) groups excluding carboxylic acids is 1. The quantitative estimate of drug-likeness (QED) is 0.506. The van der Waals surface area contributed by atoms with Crippen LogP contribution in [-0.4, -0.2) is 27.9 Å². The summed E-state index contributed by atoms with van der Waals surface area (Å²) in [5, 5.41) is 24.0. The van der Waals surface area contributed by atoms with Crippen LogP contribution in [0.3, 0.4) is 0 Å². The van der Waals surface area contributed by atoms with Crippen molar-refractivity contribution in [2.75, 3.05) is 0 Å². The summed E-state index contributed by atoms with van der Waals surface area (Å²) >= 11 is 0. The second kappa shape index (κ2) is 6.53. The van der Waals surface area contributed by atoms with Gasteiger partial charge in [-0.2, -0.15) is 0 Å². The van der Waals surface area contributed by atoms with E-state index in [0.717, 1.165) is 37.8 Å². The third-order valence-electron chi connectivity index (χ3n) is 7.76. The maximum atomic E-state index is 11.8. The standard InChI is InChI=1S/C19H27NO3.C2H6/c1-18-8-7-12(21)9-11(18)3-4-13-14-5-6-16(20-23)19(14,2)10-15(22)17(13)18;1-2/h9,13-15,17,22-23H,3-8,10H2,1-2H3;1-2H3/b20-16-;. The smallest absolute Gasteiger partial charge is 0.155 e. The van der Waals surface area contributed by atoms with Crippen LogP contribution in [-0.2, 0) is 4.79 Å². The van der Waals surface area contributed by atoms with E-state index in [0.29, 0.717) is 24.7 Å². The fourth-order valence-corrected chi connectivity index (χ4v) is 6.64. The van der Waals surface area contributed by atoms with Crippen molar-refractivity contribution in [2.24, 2.45) is 33.7 Å². The van der Waals surface area contributed by atoms with Gasteiger partial charge in [-0.25, -0.2) is 0 Å². The lowest BCUT2D eigenvalue weighted by Crippen LogP contribution is -2.56. The molecule has 4 heteroatoms. The summed E-state index contributed by atoms with van der Waals surface area (Å²) < 4.78 is 0. The lowest BCUT2D eigenvalue weighted by atomic mass is 9.46. The number of nitrogens with zero attached hydrogens (tertiary/aromatic N) is 1. The normalized spacial score (nSPS) is 47.2. The first-order chi connectivity index (χ1) is 11.9. The minimum absolute atomic E-state index is 0.0311. The fraction of sp³-hybridized carbons (Fsp3) is 0.810. The van der Waals surface area contributed by atoms with Crippen LogP contribution in [0.4, 0.5) is 0 Å². The van der Waals surface area contributed by atoms with E-state index in [1.54, 1.807) is 0 Å². The van der Waals surface area contributed by atoms with Crippen molar-refractivity contribution in [1.29, 1.82) is 0 Å². The Morgan fingerprint density at radius 3 is 2.52 bits per heavy atom. The molecule has 0 amide bonds. The Kier molecular flexibility index (Phi) is 4.87. The van der Waals surface area contributed by atoms with Crippen LogP contribution in [0.2, 0.25) is 0 Å². The van der Waals surface area contributed by atoms with Crippen LogP contribution in [0.5, 0.6) is 0 Å². The molecule has 4 aliphatic rings. The van der Waals surface area contributed by atoms with Gasteiger partial charge in [-0.1, -0.05) is 38.4 Å². The molecule has 3 fully saturated rings. The maximum absolute atomic E-state index is 11.8. The highest BCUT2D eigenvalue weighted by molar-refractivity contribution is 5.92. The van der Waals surface area contributed by atoms with E-state index in [1.807, 2.05) is 19.9 Å². The Balaban J connectivity index is 0.000000880. The molecular formula is C21H33NO3. The largest absolute Gasteiger partial charge is 0.411 e. The molecule has 0 aromatic carbocycles. The number of ketones is 1. The second-order valence-electron chi connectivity index (χ2n) is 8.66. The average Bonchev–Trinajstić information content (AvgIpc) is 2.92. The number of allylic oxidation sites excluding steroid dienone is 1. The second-order valence-corrected chi connectivity index (χ2v) is 8.66. The molecule has 0 aliphatic heterocycles. The van der Waals surface area contributed by atoms with Gasteiger partial charge >= 0.3 is 0 Å². The summed E-state index contributed by atoms with van der Waals surface area (Å²) in [5.41, 5.74) is 1.96. The number of carbonyl (C=O) groups is 1. The van der Waals surface area contributed by atoms with Crippen LogP contribution < -0.4 is 0 Å². The fourth-order valence-electron chi connectivity index (χ4n) is 6.64. The molecule has 0 heterocycles. The van der Waals surface area contributed by atoms with Gasteiger partial charge < -0.3 is 10.3 Å². The number of fused-ring (bicyclic) bond motifs is 5. The average molecular weight is 347 g/mol. The van der Waals surface area contributed by atoms with Gasteiger partial charge in [0, 0.05) is 11.8 Å². The first-order valence-corrected chi connectivity index (χ1v) is 10.0. The monoisotopic (exact) mass is 347 g/mol. The maximum Gasteiger partial charge on any atom is 0.155 e. The number of aliphatic hydroxyl groups excluding tert-OH is 1. The Hall–Kier alpha value is -1.16. The highest BCUT2D eigenvalue weighted by Gasteiger charge is 2.61. The Morgan fingerprint density at radius 2 is 1.84 bits per heavy atom. The number of rotatable bonds is 0. The molecular weight excluding hydrogens is 314 g/mol. The molecule has 0 aromatic heterocycles. The van der Waals surface area contributed by atoms with Gasteiger partial charge in [0.2, 0.25) is 0 Å². The van der Waals surface area contributed by atoms with Crippen LogP contribution in [0, 0.1) is 28.6 Å². The van der Waals surface area contributed by atoms with E-state index in [4.69, 9.17) is 0 Å². The highest BCUT2D eigenvalue weighted by atomic mass is 16.4. The van der Waals surface area contributed by atoms with Crippen molar-refractivity contribution in [3.63, 3.8) is 0 Å². The number of oxime groups is 1. The molecule has 6 unspecified atom stereocenters. The van der Waals surface area contributed by atoms with Crippen LogP contribution in [0.1, 0.15) is 72.6 Å². The summed E-state index contributed by atoms with van der Waals surface area (Å²) in [4.78, 5) is 11.8. The minimum Gasteiger partial charge on any atom is -0.411 e. The first-order valence-electron chi connectivity index (χ1n) is 10.0. The van der Waals surface area contributed by atoms with Crippen LogP contribution >= 0.6 is 0 Å². The molecule has 0 bridgehead atoms. The van der Waals surface area contributed by atoms with E-state index in [1.165, 1.54) is 5.57 Å². The molecule has 4 rings (SSSR count). The van der Waals surface area contributed by atoms with Gasteiger partial charge in [0.15, 0.2) is 5.78 Å². The molecule has 140 valence electrons. The van der Waals surface area contributed by atoms with Gasteiger partial charge in [-0.3, -0.25) is 4.79 Å². The lowest BCUT2D eigenvalue weighted by molar-refractivity contribution is -0.122. The summed E-state index contributed by atoms with van der Waals surface area (Å²) in [6.45, 7) is 8.45. The van der Waals surface area contributed by atoms with Crippen LogP contribution in [0.15, 0.2) is 16.8 Å². The zero-order chi connectivity index (χ0) is 18.4. The molecule has 2 N–H and O–H groups in total. The zero-order valence-corrected chi connectivity index (χ0v) is 16.1.